The number of hydrogen-bond donors (Lipinski definition) is 4. The third-order valence-electron chi connectivity index (χ3n) is 3.09. The molecule has 1 aromatic carbocycles. The van der Waals surface area contributed by atoms with E-state index in [1.165, 1.54) is 0 Å². The van der Waals surface area contributed by atoms with Crippen molar-refractivity contribution in [3.05, 3.63) is 34.2 Å². The smallest absolute Gasteiger partial charge is 0.323 e. The Morgan fingerprint density at radius 2 is 2.11 bits per heavy atom. The molecule has 1 unspecified atom stereocenters. The van der Waals surface area contributed by atoms with Crippen molar-refractivity contribution in [3.63, 3.8) is 0 Å². The number of nitrogens with one attached hydrogen (secondary N) is 3. The fraction of sp³-hybridized carbons (Fsp3) is 0.385. The zero-order valence-electron chi connectivity index (χ0n) is 10.8. The maximum atomic E-state index is 11.5. The zero-order chi connectivity index (χ0) is 13.8. The van der Waals surface area contributed by atoms with Gasteiger partial charge >= 0.3 is 5.69 Å². The first-order valence-electron chi connectivity index (χ1n) is 6.29. The van der Waals surface area contributed by atoms with E-state index in [-0.39, 0.29) is 17.5 Å². The Hall–Kier alpha value is -2.08. The van der Waals surface area contributed by atoms with E-state index in [1.807, 2.05) is 18.2 Å². The van der Waals surface area contributed by atoms with Gasteiger partial charge in [0.1, 0.15) is 0 Å². The largest absolute Gasteiger partial charge is 0.355 e. The second-order valence-electron chi connectivity index (χ2n) is 4.64. The van der Waals surface area contributed by atoms with Crippen LogP contribution in [0, 0.1) is 5.92 Å². The molecule has 2 aromatic rings. The minimum atomic E-state index is -0.211. The lowest BCUT2D eigenvalue weighted by molar-refractivity contribution is -0.124. The summed E-state index contributed by atoms with van der Waals surface area (Å²) in [5.74, 6) is -0.192. The Labute approximate surface area is 110 Å². The third-order valence-corrected chi connectivity index (χ3v) is 3.09. The van der Waals surface area contributed by atoms with E-state index < -0.39 is 0 Å². The molecule has 2 rings (SSSR count). The van der Waals surface area contributed by atoms with Crippen molar-refractivity contribution >= 4 is 16.9 Å². The van der Waals surface area contributed by atoms with Gasteiger partial charge in [0.05, 0.1) is 11.0 Å². The molecule has 0 fully saturated rings. The molecule has 102 valence electrons. The highest BCUT2D eigenvalue weighted by Gasteiger charge is 2.09. The second-order valence-corrected chi connectivity index (χ2v) is 4.64. The molecule has 0 aliphatic carbocycles. The second kappa shape index (κ2) is 5.71. The van der Waals surface area contributed by atoms with E-state index in [9.17, 15) is 9.59 Å². The molecule has 5 N–H and O–H groups in total. The summed E-state index contributed by atoms with van der Waals surface area (Å²) in [6, 6.07) is 5.70. The summed E-state index contributed by atoms with van der Waals surface area (Å²) in [5.41, 5.74) is 7.84. The number of aromatic amines is 2. The molecule has 6 nitrogen and oxygen atoms in total. The maximum absolute atomic E-state index is 11.5. The van der Waals surface area contributed by atoms with Crippen molar-refractivity contribution in [1.82, 2.24) is 15.3 Å². The van der Waals surface area contributed by atoms with Crippen LogP contribution in [0.1, 0.15) is 12.5 Å². The highest BCUT2D eigenvalue weighted by molar-refractivity contribution is 5.78. The molecule has 0 aliphatic rings. The summed E-state index contributed by atoms with van der Waals surface area (Å²) < 4.78 is 0. The molecular weight excluding hydrogens is 244 g/mol. The van der Waals surface area contributed by atoms with Gasteiger partial charge in [0, 0.05) is 19.0 Å². The summed E-state index contributed by atoms with van der Waals surface area (Å²) in [6.45, 7) is 2.71. The van der Waals surface area contributed by atoms with Gasteiger partial charge in [-0.05, 0) is 24.1 Å². The summed E-state index contributed by atoms with van der Waals surface area (Å²) in [6.07, 6.45) is 0.714. The highest BCUT2D eigenvalue weighted by Crippen LogP contribution is 2.10. The van der Waals surface area contributed by atoms with Gasteiger partial charge in [-0.15, -0.1) is 0 Å². The van der Waals surface area contributed by atoms with Gasteiger partial charge < -0.3 is 21.0 Å². The first-order chi connectivity index (χ1) is 9.10. The van der Waals surface area contributed by atoms with E-state index in [0.29, 0.717) is 19.5 Å². The zero-order valence-corrected chi connectivity index (χ0v) is 10.8. The molecule has 6 heteroatoms. The number of nitrogens with two attached hydrogens (primary N) is 1. The van der Waals surface area contributed by atoms with E-state index in [2.05, 4.69) is 15.3 Å². The number of amides is 1. The number of fused-ring (bicyclic) bond motifs is 1. The quantitative estimate of drug-likeness (QED) is 0.614. The lowest BCUT2D eigenvalue weighted by Gasteiger charge is -2.09. The van der Waals surface area contributed by atoms with Crippen LogP contribution in [-0.4, -0.2) is 29.0 Å². The lowest BCUT2D eigenvalue weighted by Crippen LogP contribution is -2.34. The molecule has 0 spiro atoms. The first kappa shape index (κ1) is 13.4. The normalized spacial score (nSPS) is 12.5. The van der Waals surface area contributed by atoms with Crippen molar-refractivity contribution in [1.29, 1.82) is 0 Å². The average Bonchev–Trinajstić information content (AvgIpc) is 2.77. The number of benzene rings is 1. The van der Waals surface area contributed by atoms with E-state index >= 15 is 0 Å². The predicted octanol–water partition coefficient (Wildman–Crippen LogP) is 0.110. The minimum absolute atomic E-state index is 0.0290. The predicted molar refractivity (Wildman–Crippen MR) is 73.9 cm³/mol. The number of rotatable bonds is 5. The van der Waals surface area contributed by atoms with Gasteiger partial charge in [-0.1, -0.05) is 13.0 Å². The number of carbonyl (C=O) groups is 1. The molecule has 19 heavy (non-hydrogen) atoms. The van der Waals surface area contributed by atoms with Crippen molar-refractivity contribution < 1.29 is 4.79 Å². The van der Waals surface area contributed by atoms with Crippen LogP contribution in [0.5, 0.6) is 0 Å². The monoisotopic (exact) mass is 262 g/mol. The lowest BCUT2D eigenvalue weighted by atomic mass is 10.1. The fourth-order valence-electron chi connectivity index (χ4n) is 1.85. The number of carbonyl (C=O) groups excluding carboxylic acids is 1. The van der Waals surface area contributed by atoms with Crippen LogP contribution in [0.15, 0.2) is 23.0 Å². The topological polar surface area (TPSA) is 104 Å². The number of hydrogen-bond acceptors (Lipinski definition) is 3. The van der Waals surface area contributed by atoms with Crippen molar-refractivity contribution in [2.45, 2.75) is 13.3 Å². The minimum Gasteiger partial charge on any atom is -0.355 e. The summed E-state index contributed by atoms with van der Waals surface area (Å²) >= 11 is 0. The molecule has 0 aliphatic heterocycles. The first-order valence-corrected chi connectivity index (χ1v) is 6.29. The van der Waals surface area contributed by atoms with Gasteiger partial charge in [-0.25, -0.2) is 4.79 Å². The van der Waals surface area contributed by atoms with Gasteiger partial charge in [-0.2, -0.15) is 0 Å². The summed E-state index contributed by atoms with van der Waals surface area (Å²) in [4.78, 5) is 28.1. The van der Waals surface area contributed by atoms with Crippen LogP contribution >= 0.6 is 0 Å². The van der Waals surface area contributed by atoms with Crippen LogP contribution in [0.3, 0.4) is 0 Å². The third kappa shape index (κ3) is 3.23. The van der Waals surface area contributed by atoms with Crippen LogP contribution in [0.2, 0.25) is 0 Å². The summed E-state index contributed by atoms with van der Waals surface area (Å²) in [7, 11) is 0. The molecule has 1 atom stereocenters. The van der Waals surface area contributed by atoms with Crippen molar-refractivity contribution in [3.8, 4) is 0 Å². The van der Waals surface area contributed by atoms with Gasteiger partial charge in [0.15, 0.2) is 0 Å². The van der Waals surface area contributed by atoms with Crippen LogP contribution in [0.4, 0.5) is 0 Å². The molecule has 0 saturated carbocycles. The maximum Gasteiger partial charge on any atom is 0.323 e. The SMILES string of the molecule is CC(CN)C(=O)NCCc1ccc2[nH]c(=O)[nH]c2c1. The van der Waals surface area contributed by atoms with Crippen LogP contribution in [0.25, 0.3) is 11.0 Å². The van der Waals surface area contributed by atoms with Crippen LogP contribution in [-0.2, 0) is 11.2 Å². The van der Waals surface area contributed by atoms with E-state index in [1.54, 1.807) is 6.92 Å². The van der Waals surface area contributed by atoms with E-state index in [0.717, 1.165) is 16.6 Å². The number of H-pyrrole nitrogens is 2. The van der Waals surface area contributed by atoms with Crippen LogP contribution < -0.4 is 16.7 Å². The molecule has 0 radical (unpaired) electrons. The van der Waals surface area contributed by atoms with Gasteiger partial charge in [0.2, 0.25) is 5.91 Å². The molecule has 1 amide bonds. The highest BCUT2D eigenvalue weighted by atomic mass is 16.2. The Morgan fingerprint density at radius 3 is 2.84 bits per heavy atom. The Bertz CT molecular complexity index is 629. The van der Waals surface area contributed by atoms with Gasteiger partial charge in [0.25, 0.3) is 0 Å². The van der Waals surface area contributed by atoms with Crippen molar-refractivity contribution in [2.24, 2.45) is 11.7 Å². The number of imidazole rings is 1. The fourth-order valence-corrected chi connectivity index (χ4v) is 1.85. The van der Waals surface area contributed by atoms with Crippen molar-refractivity contribution in [2.75, 3.05) is 13.1 Å². The average molecular weight is 262 g/mol. The summed E-state index contributed by atoms with van der Waals surface area (Å²) in [5, 5.41) is 2.84. The molecule has 0 saturated heterocycles. The Kier molecular flexibility index (Phi) is 4.01. The molecule has 1 aromatic heterocycles. The molecule has 0 bridgehead atoms. The molecule has 1 heterocycles. The Morgan fingerprint density at radius 1 is 1.37 bits per heavy atom. The molecular formula is C13H18N4O2. The number of aromatic nitrogens is 2. The standard InChI is InChI=1S/C13H18N4O2/c1-8(7-14)12(18)15-5-4-9-2-3-10-11(6-9)17-13(19)16-10/h2-3,6,8H,4-5,7,14H2,1H3,(H,15,18)(H2,16,17,19). The van der Waals surface area contributed by atoms with E-state index in [4.69, 9.17) is 5.73 Å². The Balaban J connectivity index is 1.94. The van der Waals surface area contributed by atoms with Gasteiger partial charge in [-0.3, -0.25) is 4.79 Å².